The molecule has 6 heteroatoms. The molecule has 0 unspecified atom stereocenters. The zero-order chi connectivity index (χ0) is 17.8. The molecular weight excluding hydrogens is 375 g/mol. The van der Waals surface area contributed by atoms with Crippen LogP contribution in [0.4, 0.5) is 0 Å². The Labute approximate surface area is 159 Å². The van der Waals surface area contributed by atoms with Gasteiger partial charge in [-0.25, -0.2) is 4.98 Å². The van der Waals surface area contributed by atoms with Gasteiger partial charge in [-0.15, -0.1) is 11.3 Å². The van der Waals surface area contributed by atoms with E-state index in [4.69, 9.17) is 27.9 Å². The van der Waals surface area contributed by atoms with Crippen LogP contribution in [0.1, 0.15) is 10.6 Å². The van der Waals surface area contributed by atoms with Crippen LogP contribution in [0.5, 0.6) is 5.75 Å². The van der Waals surface area contributed by atoms with Crippen molar-refractivity contribution in [1.29, 1.82) is 5.26 Å². The highest BCUT2D eigenvalue weighted by Gasteiger charge is 2.11. The zero-order valence-corrected chi connectivity index (χ0v) is 15.5. The van der Waals surface area contributed by atoms with Gasteiger partial charge in [-0.3, -0.25) is 0 Å². The van der Waals surface area contributed by atoms with Gasteiger partial charge in [0.15, 0.2) is 0 Å². The number of thiazole rings is 1. The molecular formula is C19H12Cl2N2OS. The molecule has 0 N–H and O–H groups in total. The summed E-state index contributed by atoms with van der Waals surface area (Å²) in [7, 11) is 1.63. The van der Waals surface area contributed by atoms with Gasteiger partial charge < -0.3 is 4.74 Å². The highest BCUT2D eigenvalue weighted by Crippen LogP contribution is 2.31. The second-order valence-corrected chi connectivity index (χ2v) is 6.72. The summed E-state index contributed by atoms with van der Waals surface area (Å²) in [5.74, 6) is 0.785. The third-order valence-corrected chi connectivity index (χ3v) is 5.23. The first-order chi connectivity index (χ1) is 12.1. The van der Waals surface area contributed by atoms with Crippen molar-refractivity contribution in [2.45, 2.75) is 0 Å². The smallest absolute Gasteiger partial charge is 0.134 e. The Morgan fingerprint density at radius 1 is 1.20 bits per heavy atom. The van der Waals surface area contributed by atoms with Crippen molar-refractivity contribution in [3.8, 4) is 23.1 Å². The molecule has 0 bridgehead atoms. The van der Waals surface area contributed by atoms with Crippen molar-refractivity contribution in [3.63, 3.8) is 0 Å². The topological polar surface area (TPSA) is 45.9 Å². The van der Waals surface area contributed by atoms with Gasteiger partial charge in [-0.1, -0.05) is 35.3 Å². The first-order valence-electron chi connectivity index (χ1n) is 7.28. The molecule has 1 aromatic heterocycles. The van der Waals surface area contributed by atoms with E-state index in [1.165, 1.54) is 11.3 Å². The Balaban J connectivity index is 1.95. The molecule has 1 heterocycles. The number of aromatic nitrogens is 1. The SMILES string of the molecule is COc1ccc(-c2csc(/C(C#N)=C\c3cccc(Cl)c3Cl)n2)cc1. The Hall–Kier alpha value is -2.32. The van der Waals surface area contributed by atoms with Crippen LogP contribution in [0, 0.1) is 11.3 Å². The summed E-state index contributed by atoms with van der Waals surface area (Å²) in [4.78, 5) is 4.57. The average molecular weight is 387 g/mol. The Morgan fingerprint density at radius 2 is 1.96 bits per heavy atom. The number of nitriles is 1. The number of allylic oxidation sites excluding steroid dienone is 1. The van der Waals surface area contributed by atoms with E-state index in [9.17, 15) is 5.26 Å². The van der Waals surface area contributed by atoms with Gasteiger partial charge in [-0.05, 0) is 42.0 Å². The predicted octanol–water partition coefficient (Wildman–Crippen LogP) is 6.19. The summed E-state index contributed by atoms with van der Waals surface area (Å²) >= 11 is 13.6. The van der Waals surface area contributed by atoms with Gasteiger partial charge >= 0.3 is 0 Å². The molecule has 3 nitrogen and oxygen atoms in total. The molecule has 0 aliphatic carbocycles. The molecule has 0 atom stereocenters. The largest absolute Gasteiger partial charge is 0.497 e. The van der Waals surface area contributed by atoms with E-state index < -0.39 is 0 Å². The van der Waals surface area contributed by atoms with Crippen LogP contribution in [-0.2, 0) is 0 Å². The lowest BCUT2D eigenvalue weighted by atomic mass is 10.1. The van der Waals surface area contributed by atoms with Crippen LogP contribution < -0.4 is 4.74 Å². The highest BCUT2D eigenvalue weighted by molar-refractivity contribution is 7.11. The monoisotopic (exact) mass is 386 g/mol. The normalized spacial score (nSPS) is 11.2. The second-order valence-electron chi connectivity index (χ2n) is 5.08. The van der Waals surface area contributed by atoms with E-state index in [0.29, 0.717) is 26.2 Å². The number of nitrogens with zero attached hydrogens (tertiary/aromatic N) is 2. The molecule has 25 heavy (non-hydrogen) atoms. The van der Waals surface area contributed by atoms with Crippen molar-refractivity contribution in [1.82, 2.24) is 4.98 Å². The van der Waals surface area contributed by atoms with Gasteiger partial charge in [-0.2, -0.15) is 5.26 Å². The first kappa shape index (κ1) is 17.5. The van der Waals surface area contributed by atoms with Crippen molar-refractivity contribution < 1.29 is 4.74 Å². The third-order valence-electron chi connectivity index (χ3n) is 3.52. The van der Waals surface area contributed by atoms with Crippen LogP contribution in [0.2, 0.25) is 10.0 Å². The highest BCUT2D eigenvalue weighted by atomic mass is 35.5. The standard InChI is InChI=1S/C19H12Cl2N2OS/c1-24-15-7-5-12(6-8-15)17-11-25-19(23-17)14(10-22)9-13-3-2-4-16(20)18(13)21/h2-9,11H,1H3/b14-9-. The van der Waals surface area contributed by atoms with Crippen LogP contribution in [-0.4, -0.2) is 12.1 Å². The number of hydrogen-bond donors (Lipinski definition) is 0. The van der Waals surface area contributed by atoms with Gasteiger partial charge in [0.2, 0.25) is 0 Å². The van der Waals surface area contributed by atoms with Gasteiger partial charge in [0.25, 0.3) is 0 Å². The van der Waals surface area contributed by atoms with E-state index in [2.05, 4.69) is 11.1 Å². The summed E-state index contributed by atoms with van der Waals surface area (Å²) in [5, 5.41) is 12.9. The van der Waals surface area contributed by atoms with Crippen molar-refractivity contribution >= 4 is 46.2 Å². The van der Waals surface area contributed by atoms with Gasteiger partial charge in [0.05, 0.1) is 28.4 Å². The summed E-state index contributed by atoms with van der Waals surface area (Å²) < 4.78 is 5.16. The van der Waals surface area contributed by atoms with Gasteiger partial charge in [0, 0.05) is 10.9 Å². The number of methoxy groups -OCH3 is 1. The molecule has 3 rings (SSSR count). The molecule has 0 radical (unpaired) electrons. The molecule has 0 amide bonds. The van der Waals surface area contributed by atoms with E-state index in [1.807, 2.05) is 35.7 Å². The molecule has 3 aromatic rings. The summed E-state index contributed by atoms with van der Waals surface area (Å²) in [6.07, 6.45) is 1.70. The Bertz CT molecular complexity index is 972. The second kappa shape index (κ2) is 7.71. The molecule has 2 aromatic carbocycles. The summed E-state index contributed by atoms with van der Waals surface area (Å²) in [6.45, 7) is 0. The van der Waals surface area contributed by atoms with Crippen molar-refractivity contribution in [2.75, 3.05) is 7.11 Å². The lowest BCUT2D eigenvalue weighted by Crippen LogP contribution is -1.85. The minimum Gasteiger partial charge on any atom is -0.497 e. The lowest BCUT2D eigenvalue weighted by molar-refractivity contribution is 0.415. The Kier molecular flexibility index (Phi) is 5.40. The Morgan fingerprint density at radius 3 is 2.64 bits per heavy atom. The average Bonchev–Trinajstić information content (AvgIpc) is 3.13. The number of rotatable bonds is 4. The molecule has 0 aliphatic rings. The minimum atomic E-state index is 0.420. The molecule has 0 aliphatic heterocycles. The summed E-state index contributed by atoms with van der Waals surface area (Å²) in [6, 6.07) is 15.1. The van der Waals surface area contributed by atoms with E-state index in [0.717, 1.165) is 17.0 Å². The lowest BCUT2D eigenvalue weighted by Gasteiger charge is -2.01. The minimum absolute atomic E-state index is 0.420. The van der Waals surface area contributed by atoms with E-state index in [-0.39, 0.29) is 0 Å². The molecule has 0 fully saturated rings. The maximum atomic E-state index is 9.50. The van der Waals surface area contributed by atoms with Crippen LogP contribution >= 0.6 is 34.5 Å². The first-order valence-corrected chi connectivity index (χ1v) is 8.92. The maximum Gasteiger partial charge on any atom is 0.134 e. The number of halogens is 2. The molecule has 124 valence electrons. The maximum absolute atomic E-state index is 9.50. The number of ether oxygens (including phenoxy) is 1. The van der Waals surface area contributed by atoms with Gasteiger partial charge in [0.1, 0.15) is 16.8 Å². The van der Waals surface area contributed by atoms with Crippen LogP contribution in [0.3, 0.4) is 0 Å². The third kappa shape index (κ3) is 3.85. The predicted molar refractivity (Wildman–Crippen MR) is 104 cm³/mol. The fraction of sp³-hybridized carbons (Fsp3) is 0.0526. The van der Waals surface area contributed by atoms with Crippen molar-refractivity contribution in [3.05, 3.63) is 68.5 Å². The molecule has 0 saturated carbocycles. The summed E-state index contributed by atoms with van der Waals surface area (Å²) in [5.41, 5.74) is 2.89. The number of hydrogen-bond acceptors (Lipinski definition) is 4. The quantitative estimate of drug-likeness (QED) is 0.502. The molecule has 0 spiro atoms. The van der Waals surface area contributed by atoms with Crippen LogP contribution in [0.25, 0.3) is 22.9 Å². The fourth-order valence-electron chi connectivity index (χ4n) is 2.22. The van der Waals surface area contributed by atoms with Crippen LogP contribution in [0.15, 0.2) is 47.8 Å². The zero-order valence-electron chi connectivity index (χ0n) is 13.2. The molecule has 0 saturated heterocycles. The van der Waals surface area contributed by atoms with E-state index in [1.54, 1.807) is 25.3 Å². The fourth-order valence-corrected chi connectivity index (χ4v) is 3.38. The van der Waals surface area contributed by atoms with Crippen molar-refractivity contribution in [2.24, 2.45) is 0 Å². The number of benzene rings is 2. The van der Waals surface area contributed by atoms with E-state index >= 15 is 0 Å².